The lowest BCUT2D eigenvalue weighted by molar-refractivity contribution is -0.122. The highest BCUT2D eigenvalue weighted by Crippen LogP contribution is 2.14. The Bertz CT molecular complexity index is 691. The SMILES string of the molecule is C[C@H](NC(=O)c1ccccc1Cl)C(=O)NN(C)c1ccccc1. The second kappa shape index (κ2) is 7.65. The minimum Gasteiger partial charge on any atom is -0.340 e. The Hall–Kier alpha value is -2.53. The van der Waals surface area contributed by atoms with Gasteiger partial charge < -0.3 is 5.32 Å². The molecule has 2 amide bonds. The summed E-state index contributed by atoms with van der Waals surface area (Å²) >= 11 is 5.98. The third-order valence-electron chi connectivity index (χ3n) is 3.28. The molecule has 2 aromatic rings. The number of para-hydroxylation sites is 1. The Morgan fingerprint density at radius 1 is 1.04 bits per heavy atom. The van der Waals surface area contributed by atoms with Crippen molar-refractivity contribution in [2.45, 2.75) is 13.0 Å². The van der Waals surface area contributed by atoms with Crippen molar-refractivity contribution in [2.24, 2.45) is 0 Å². The summed E-state index contributed by atoms with van der Waals surface area (Å²) in [6, 6.07) is 15.4. The van der Waals surface area contributed by atoms with Crippen LogP contribution in [0.3, 0.4) is 0 Å². The minimum absolute atomic E-state index is 0.322. The summed E-state index contributed by atoms with van der Waals surface area (Å²) in [4.78, 5) is 24.3. The highest BCUT2D eigenvalue weighted by molar-refractivity contribution is 6.33. The molecule has 6 heteroatoms. The first kappa shape index (κ1) is 16.8. The summed E-state index contributed by atoms with van der Waals surface area (Å²) in [5.74, 6) is -0.711. The van der Waals surface area contributed by atoms with Gasteiger partial charge in [-0.1, -0.05) is 41.9 Å². The van der Waals surface area contributed by atoms with Crippen molar-refractivity contribution in [3.8, 4) is 0 Å². The van der Waals surface area contributed by atoms with Crippen molar-refractivity contribution in [2.75, 3.05) is 12.1 Å². The molecule has 0 aliphatic heterocycles. The number of hydrogen-bond donors (Lipinski definition) is 2. The van der Waals surface area contributed by atoms with Crippen LogP contribution >= 0.6 is 11.6 Å². The Morgan fingerprint density at radius 2 is 1.65 bits per heavy atom. The number of amides is 2. The number of carbonyl (C=O) groups is 2. The molecule has 2 N–H and O–H groups in total. The van der Waals surface area contributed by atoms with Crippen molar-refractivity contribution in [1.29, 1.82) is 0 Å². The van der Waals surface area contributed by atoms with Crippen molar-refractivity contribution in [1.82, 2.24) is 10.7 Å². The van der Waals surface area contributed by atoms with Crippen molar-refractivity contribution in [3.05, 3.63) is 65.2 Å². The summed E-state index contributed by atoms with van der Waals surface area (Å²) in [6.07, 6.45) is 0. The van der Waals surface area contributed by atoms with Gasteiger partial charge in [-0.05, 0) is 31.2 Å². The largest absolute Gasteiger partial charge is 0.340 e. The van der Waals surface area contributed by atoms with Gasteiger partial charge in [0.2, 0.25) is 0 Å². The molecular formula is C17H18ClN3O2. The molecule has 0 aliphatic carbocycles. The van der Waals surface area contributed by atoms with Crippen LogP contribution in [0.2, 0.25) is 5.02 Å². The van der Waals surface area contributed by atoms with Crippen LogP contribution in [0.25, 0.3) is 0 Å². The average Bonchev–Trinajstić information content (AvgIpc) is 2.55. The van der Waals surface area contributed by atoms with Crippen LogP contribution < -0.4 is 15.8 Å². The Morgan fingerprint density at radius 3 is 2.30 bits per heavy atom. The van der Waals surface area contributed by atoms with Gasteiger partial charge in [0, 0.05) is 7.05 Å². The third-order valence-corrected chi connectivity index (χ3v) is 3.61. The topological polar surface area (TPSA) is 61.4 Å². The molecule has 2 aromatic carbocycles. The maximum absolute atomic E-state index is 12.2. The molecule has 0 unspecified atom stereocenters. The molecule has 0 saturated heterocycles. The fourth-order valence-corrected chi connectivity index (χ4v) is 2.19. The molecule has 0 bridgehead atoms. The van der Waals surface area contributed by atoms with Gasteiger partial charge >= 0.3 is 0 Å². The standard InChI is InChI=1S/C17H18ClN3O2/c1-12(19-17(23)14-10-6-7-11-15(14)18)16(22)20-21(2)13-8-4-3-5-9-13/h3-12H,1-2H3,(H,19,23)(H,20,22)/t12-/m0/s1. The third kappa shape index (κ3) is 4.47. The molecule has 0 aliphatic rings. The number of benzene rings is 2. The van der Waals surface area contributed by atoms with Crippen molar-refractivity contribution >= 4 is 29.1 Å². The first-order chi connectivity index (χ1) is 11.0. The predicted octanol–water partition coefficient (Wildman–Crippen LogP) is 2.63. The van der Waals surface area contributed by atoms with Crippen LogP contribution in [0.1, 0.15) is 17.3 Å². The summed E-state index contributed by atoms with van der Waals surface area (Å²) in [6.45, 7) is 1.61. The number of nitrogens with zero attached hydrogens (tertiary/aromatic N) is 1. The second-order valence-electron chi connectivity index (χ2n) is 5.05. The molecule has 1 atom stereocenters. The molecular weight excluding hydrogens is 314 g/mol. The van der Waals surface area contributed by atoms with Gasteiger partial charge in [-0.25, -0.2) is 0 Å². The highest BCUT2D eigenvalue weighted by Gasteiger charge is 2.19. The lowest BCUT2D eigenvalue weighted by atomic mass is 10.2. The summed E-state index contributed by atoms with van der Waals surface area (Å²) in [7, 11) is 1.73. The number of halogens is 1. The zero-order chi connectivity index (χ0) is 16.8. The molecule has 120 valence electrons. The van der Waals surface area contributed by atoms with Gasteiger partial charge in [-0.2, -0.15) is 0 Å². The molecule has 23 heavy (non-hydrogen) atoms. The number of hydrogen-bond acceptors (Lipinski definition) is 3. The fourth-order valence-electron chi connectivity index (χ4n) is 1.96. The number of carbonyl (C=O) groups excluding carboxylic acids is 2. The van der Waals surface area contributed by atoms with Crippen LogP contribution in [0, 0.1) is 0 Å². The van der Waals surface area contributed by atoms with Crippen LogP contribution in [-0.2, 0) is 4.79 Å². The Labute approximate surface area is 140 Å². The summed E-state index contributed by atoms with van der Waals surface area (Å²) < 4.78 is 0. The van der Waals surface area contributed by atoms with E-state index in [-0.39, 0.29) is 11.8 Å². The minimum atomic E-state index is -0.704. The van der Waals surface area contributed by atoms with Crippen LogP contribution in [0.5, 0.6) is 0 Å². The second-order valence-corrected chi connectivity index (χ2v) is 5.45. The van der Waals surface area contributed by atoms with Gasteiger partial charge in [-0.3, -0.25) is 20.0 Å². The van der Waals surface area contributed by atoms with E-state index in [0.717, 1.165) is 5.69 Å². The van der Waals surface area contributed by atoms with Gasteiger partial charge in [0.25, 0.3) is 11.8 Å². The van der Waals surface area contributed by atoms with Crippen molar-refractivity contribution < 1.29 is 9.59 Å². The van der Waals surface area contributed by atoms with Crippen LogP contribution in [0.15, 0.2) is 54.6 Å². The molecule has 0 spiro atoms. The molecule has 0 heterocycles. The molecule has 0 radical (unpaired) electrons. The number of nitrogens with one attached hydrogen (secondary N) is 2. The van der Waals surface area contributed by atoms with Gasteiger partial charge in [0.05, 0.1) is 16.3 Å². The van der Waals surface area contributed by atoms with E-state index in [0.29, 0.717) is 10.6 Å². The smallest absolute Gasteiger partial charge is 0.260 e. The monoisotopic (exact) mass is 331 g/mol. The van der Waals surface area contributed by atoms with E-state index in [9.17, 15) is 9.59 Å². The van der Waals surface area contributed by atoms with E-state index < -0.39 is 6.04 Å². The summed E-state index contributed by atoms with van der Waals surface area (Å²) in [5.41, 5.74) is 3.89. The Kier molecular flexibility index (Phi) is 5.60. The predicted molar refractivity (Wildman–Crippen MR) is 91.4 cm³/mol. The lowest BCUT2D eigenvalue weighted by Crippen LogP contribution is -2.50. The van der Waals surface area contributed by atoms with Gasteiger partial charge in [0.15, 0.2) is 0 Å². The zero-order valence-electron chi connectivity index (χ0n) is 12.9. The van der Waals surface area contributed by atoms with E-state index >= 15 is 0 Å². The first-order valence-electron chi connectivity index (χ1n) is 7.13. The van der Waals surface area contributed by atoms with Crippen molar-refractivity contribution in [3.63, 3.8) is 0 Å². The molecule has 2 rings (SSSR count). The number of hydrazine groups is 1. The maximum atomic E-state index is 12.2. The first-order valence-corrected chi connectivity index (χ1v) is 7.51. The lowest BCUT2D eigenvalue weighted by Gasteiger charge is -2.23. The van der Waals surface area contributed by atoms with E-state index in [1.807, 2.05) is 30.3 Å². The fraction of sp³-hybridized carbons (Fsp3) is 0.176. The van der Waals surface area contributed by atoms with E-state index in [4.69, 9.17) is 11.6 Å². The normalized spacial score (nSPS) is 11.4. The molecule has 0 saturated carbocycles. The quantitative estimate of drug-likeness (QED) is 0.828. The Balaban J connectivity index is 1.95. The van der Waals surface area contributed by atoms with Crippen LogP contribution in [-0.4, -0.2) is 24.9 Å². The number of anilines is 1. The van der Waals surface area contributed by atoms with Crippen LogP contribution in [0.4, 0.5) is 5.69 Å². The molecule has 5 nitrogen and oxygen atoms in total. The number of rotatable bonds is 5. The van der Waals surface area contributed by atoms with E-state index in [1.165, 1.54) is 0 Å². The highest BCUT2D eigenvalue weighted by atomic mass is 35.5. The summed E-state index contributed by atoms with van der Waals surface area (Å²) in [5, 5.41) is 4.58. The average molecular weight is 332 g/mol. The molecule has 0 fully saturated rings. The van der Waals surface area contributed by atoms with E-state index in [2.05, 4.69) is 10.7 Å². The van der Waals surface area contributed by atoms with Gasteiger partial charge in [0.1, 0.15) is 6.04 Å². The maximum Gasteiger partial charge on any atom is 0.260 e. The van der Waals surface area contributed by atoms with E-state index in [1.54, 1.807) is 43.2 Å². The zero-order valence-corrected chi connectivity index (χ0v) is 13.7. The van der Waals surface area contributed by atoms with Gasteiger partial charge in [-0.15, -0.1) is 0 Å². The molecule has 0 aromatic heterocycles.